The fraction of sp³-hybridized carbons (Fsp3) is 0.429. The first-order chi connectivity index (χ1) is 7.59. The fourth-order valence-electron chi connectivity index (χ4n) is 0.998. The highest BCUT2D eigenvalue weighted by Gasteiger charge is 2.23. The molecule has 0 saturated carbocycles. The average molecular weight is 274 g/mol. The Kier molecular flexibility index (Phi) is 4.80. The van der Waals surface area contributed by atoms with E-state index in [2.05, 4.69) is 8.80 Å². The largest absolute Gasteiger partial charge is 0.363 e. The van der Waals surface area contributed by atoms with Crippen molar-refractivity contribution >= 4 is 45.2 Å². The van der Waals surface area contributed by atoms with Gasteiger partial charge in [-0.2, -0.15) is 18.9 Å². The normalized spacial score (nSPS) is 17.1. The van der Waals surface area contributed by atoms with Gasteiger partial charge in [-0.3, -0.25) is 0 Å². The van der Waals surface area contributed by atoms with Crippen molar-refractivity contribution in [2.75, 3.05) is 11.5 Å². The van der Waals surface area contributed by atoms with Gasteiger partial charge >= 0.3 is 10.2 Å². The highest BCUT2D eigenvalue weighted by atomic mass is 32.2. The lowest BCUT2D eigenvalue weighted by atomic mass is 10.2. The molecule has 0 aromatic rings. The summed E-state index contributed by atoms with van der Waals surface area (Å²) in [5, 5.41) is 20.4. The van der Waals surface area contributed by atoms with Crippen molar-refractivity contribution in [3.05, 3.63) is 0 Å². The summed E-state index contributed by atoms with van der Waals surface area (Å²) in [5.41, 5.74) is 0.663. The van der Waals surface area contributed by atoms with Crippen LogP contribution in [-0.2, 0) is 10.2 Å². The van der Waals surface area contributed by atoms with Gasteiger partial charge in [0, 0.05) is 12.2 Å². The van der Waals surface area contributed by atoms with Crippen molar-refractivity contribution in [2.24, 2.45) is 8.80 Å². The Hall–Kier alpha value is -1.03. The minimum absolute atomic E-state index is 0.200. The third-order valence-corrected chi connectivity index (χ3v) is 3.55. The minimum atomic E-state index is -3.75. The van der Waals surface area contributed by atoms with Crippen LogP contribution in [0.3, 0.4) is 0 Å². The Morgan fingerprint density at radius 3 is 2.38 bits per heavy atom. The van der Waals surface area contributed by atoms with Crippen LogP contribution in [0, 0.1) is 21.3 Å². The Balaban J connectivity index is 2.71. The highest BCUT2D eigenvalue weighted by Crippen LogP contribution is 2.14. The van der Waals surface area contributed by atoms with Crippen LogP contribution in [0.25, 0.3) is 0 Å². The van der Waals surface area contributed by atoms with E-state index in [1.165, 1.54) is 0 Å². The molecule has 0 atom stereocenters. The van der Waals surface area contributed by atoms with Crippen molar-refractivity contribution < 1.29 is 8.42 Å². The van der Waals surface area contributed by atoms with Crippen LogP contribution in [0.15, 0.2) is 8.80 Å². The summed E-state index contributed by atoms with van der Waals surface area (Å²) >= 11 is 1.93. The maximum Gasteiger partial charge on any atom is 0.363 e. The lowest BCUT2D eigenvalue weighted by Crippen LogP contribution is -2.14. The molecule has 0 aromatic heterocycles. The topological polar surface area (TPSA) is 106 Å². The third kappa shape index (κ3) is 3.85. The summed E-state index contributed by atoms with van der Waals surface area (Å²) in [7, 11) is -3.75. The summed E-state index contributed by atoms with van der Waals surface area (Å²) in [4.78, 5) is 0. The van der Waals surface area contributed by atoms with Crippen molar-refractivity contribution in [3.63, 3.8) is 0 Å². The van der Waals surface area contributed by atoms with Crippen LogP contribution in [-0.4, -0.2) is 31.3 Å². The summed E-state index contributed by atoms with van der Waals surface area (Å²) in [6, 6.07) is 0. The molecule has 0 fully saturated rings. The Morgan fingerprint density at radius 1 is 1.12 bits per heavy atom. The Bertz CT molecular complexity index is 509. The molecular formula is C7H6N4O2S3. The molecule has 0 aromatic carbocycles. The molecule has 1 heterocycles. The maximum atomic E-state index is 11.1. The SMILES string of the molecule is N#CSCCC1=NS(=O)(=O)N=C1CSC#N. The molecule has 1 rings (SSSR count). The zero-order valence-corrected chi connectivity index (χ0v) is 10.4. The maximum absolute atomic E-state index is 11.1. The second kappa shape index (κ2) is 5.89. The number of nitriles is 2. The van der Waals surface area contributed by atoms with E-state index in [9.17, 15) is 8.42 Å². The number of rotatable bonds is 5. The zero-order valence-electron chi connectivity index (χ0n) is 7.95. The van der Waals surface area contributed by atoms with Gasteiger partial charge in [0.1, 0.15) is 10.8 Å². The predicted molar refractivity (Wildman–Crippen MR) is 64.5 cm³/mol. The molecule has 0 amide bonds. The molecule has 1 aliphatic heterocycles. The van der Waals surface area contributed by atoms with Gasteiger partial charge in [-0.1, -0.05) is 0 Å². The quantitative estimate of drug-likeness (QED) is 0.545. The van der Waals surface area contributed by atoms with Gasteiger partial charge in [0.25, 0.3) is 0 Å². The number of thioether (sulfide) groups is 2. The lowest BCUT2D eigenvalue weighted by molar-refractivity contribution is 0.601. The molecule has 0 aliphatic carbocycles. The van der Waals surface area contributed by atoms with Crippen LogP contribution in [0.4, 0.5) is 0 Å². The van der Waals surface area contributed by atoms with Gasteiger partial charge in [-0.15, -0.1) is 8.80 Å². The van der Waals surface area contributed by atoms with Crippen molar-refractivity contribution in [2.45, 2.75) is 6.42 Å². The molecule has 9 heteroatoms. The fourth-order valence-corrected chi connectivity index (χ4v) is 2.86. The van der Waals surface area contributed by atoms with Gasteiger partial charge in [-0.25, -0.2) is 0 Å². The zero-order chi connectivity index (χ0) is 12.0. The van der Waals surface area contributed by atoms with Crippen molar-refractivity contribution in [1.29, 1.82) is 10.5 Å². The van der Waals surface area contributed by atoms with E-state index in [0.717, 1.165) is 23.5 Å². The standard InChI is InChI=1S/C7H6N4O2S3/c8-4-14-2-1-6-7(3-15-5-9)11-16(12,13)10-6/h1-3H2. The molecule has 0 spiro atoms. The summed E-state index contributed by atoms with van der Waals surface area (Å²) in [6.07, 6.45) is 0.363. The lowest BCUT2D eigenvalue weighted by Gasteiger charge is -1.98. The molecule has 16 heavy (non-hydrogen) atoms. The number of thiocyanates is 2. The predicted octanol–water partition coefficient (Wildman–Crippen LogP) is 0.945. The first-order valence-corrected chi connectivity index (χ1v) is 7.40. The van der Waals surface area contributed by atoms with Crippen LogP contribution < -0.4 is 0 Å². The molecular weight excluding hydrogens is 268 g/mol. The van der Waals surface area contributed by atoms with Crippen LogP contribution in [0.2, 0.25) is 0 Å². The third-order valence-electron chi connectivity index (χ3n) is 1.56. The van der Waals surface area contributed by atoms with Crippen molar-refractivity contribution in [3.8, 4) is 10.8 Å². The minimum Gasteiger partial charge on any atom is -0.185 e. The van der Waals surface area contributed by atoms with E-state index in [-0.39, 0.29) is 5.75 Å². The molecule has 0 saturated heterocycles. The second-order valence-corrected chi connectivity index (χ2v) is 5.49. The monoisotopic (exact) mass is 274 g/mol. The van der Waals surface area contributed by atoms with E-state index < -0.39 is 10.2 Å². The Labute approximate surface area is 102 Å². The highest BCUT2D eigenvalue weighted by molar-refractivity contribution is 8.04. The molecule has 0 bridgehead atoms. The van der Waals surface area contributed by atoms with E-state index in [1.54, 1.807) is 0 Å². The number of nitrogens with zero attached hydrogens (tertiary/aromatic N) is 4. The van der Waals surface area contributed by atoms with Crippen LogP contribution >= 0.6 is 23.5 Å². The summed E-state index contributed by atoms with van der Waals surface area (Å²) < 4.78 is 29.1. The molecule has 84 valence electrons. The smallest absolute Gasteiger partial charge is 0.185 e. The average Bonchev–Trinajstić information content (AvgIpc) is 2.51. The first-order valence-electron chi connectivity index (χ1n) is 4.04. The van der Waals surface area contributed by atoms with Gasteiger partial charge in [0.05, 0.1) is 17.2 Å². The number of hydrogen-bond acceptors (Lipinski definition) is 6. The van der Waals surface area contributed by atoms with Gasteiger partial charge in [-0.05, 0) is 23.5 Å². The summed E-state index contributed by atoms with van der Waals surface area (Å²) in [5.74, 6) is 0.660. The van der Waals surface area contributed by atoms with E-state index in [4.69, 9.17) is 10.5 Å². The van der Waals surface area contributed by atoms with E-state index in [0.29, 0.717) is 23.6 Å². The Morgan fingerprint density at radius 2 is 1.75 bits per heavy atom. The van der Waals surface area contributed by atoms with E-state index in [1.807, 2.05) is 10.8 Å². The van der Waals surface area contributed by atoms with Gasteiger partial charge < -0.3 is 0 Å². The van der Waals surface area contributed by atoms with Gasteiger partial charge in [0.2, 0.25) is 0 Å². The summed E-state index contributed by atoms with van der Waals surface area (Å²) in [6.45, 7) is 0. The van der Waals surface area contributed by atoms with E-state index >= 15 is 0 Å². The second-order valence-electron chi connectivity index (χ2n) is 2.59. The van der Waals surface area contributed by atoms with Crippen LogP contribution in [0.5, 0.6) is 0 Å². The van der Waals surface area contributed by atoms with Crippen molar-refractivity contribution in [1.82, 2.24) is 0 Å². The molecule has 6 nitrogen and oxygen atoms in total. The van der Waals surface area contributed by atoms with Crippen LogP contribution in [0.1, 0.15) is 6.42 Å². The molecule has 0 N–H and O–H groups in total. The van der Waals surface area contributed by atoms with Gasteiger partial charge in [0.15, 0.2) is 0 Å². The molecule has 0 unspecified atom stereocenters. The molecule has 1 aliphatic rings. The molecule has 0 radical (unpaired) electrons. The first kappa shape index (κ1) is 13.0. The number of hydrogen-bond donors (Lipinski definition) is 0.